The minimum Gasteiger partial charge on any atom is -0.338 e. The Balaban J connectivity index is 1.59. The first-order valence-electron chi connectivity index (χ1n) is 9.02. The lowest BCUT2D eigenvalue weighted by molar-refractivity contribution is -0.116. The zero-order chi connectivity index (χ0) is 19.0. The predicted octanol–water partition coefficient (Wildman–Crippen LogP) is 4.24. The number of carbonyl (C=O) groups excluding carboxylic acids is 1. The summed E-state index contributed by atoms with van der Waals surface area (Å²) in [5.41, 5.74) is 3.30. The van der Waals surface area contributed by atoms with Crippen molar-refractivity contribution >= 4 is 33.4 Å². The topological polar surface area (TPSA) is 66.9 Å². The standard InChI is InChI=1S/C22H21N3O2/c1-14(2)18-12-21(26)24-19-11-16(7-8-17(18)19)23-22(27)13-25-10-9-15-5-3-4-6-20(15)25/h3-12,14H,13H2,1-2H3,(H,23,27)(H,24,26). The van der Waals surface area contributed by atoms with Gasteiger partial charge in [-0.15, -0.1) is 0 Å². The molecule has 0 saturated carbocycles. The number of rotatable bonds is 4. The average molecular weight is 359 g/mol. The van der Waals surface area contributed by atoms with Crippen molar-refractivity contribution in [3.8, 4) is 0 Å². The number of carbonyl (C=O) groups is 1. The molecule has 1 amide bonds. The number of nitrogens with zero attached hydrogens (tertiary/aromatic N) is 1. The zero-order valence-electron chi connectivity index (χ0n) is 15.3. The van der Waals surface area contributed by atoms with Crippen LogP contribution in [-0.2, 0) is 11.3 Å². The van der Waals surface area contributed by atoms with E-state index in [1.165, 1.54) is 0 Å². The van der Waals surface area contributed by atoms with E-state index in [1.807, 2.05) is 59.3 Å². The molecule has 2 N–H and O–H groups in total. The van der Waals surface area contributed by atoms with Crippen molar-refractivity contribution in [1.29, 1.82) is 0 Å². The molecule has 0 saturated heterocycles. The molecule has 0 radical (unpaired) electrons. The van der Waals surface area contributed by atoms with Crippen molar-refractivity contribution in [3.63, 3.8) is 0 Å². The molecule has 2 heterocycles. The molecule has 0 spiro atoms. The third-order valence-electron chi connectivity index (χ3n) is 4.77. The van der Waals surface area contributed by atoms with E-state index in [9.17, 15) is 9.59 Å². The SMILES string of the molecule is CC(C)c1cc(=O)[nH]c2cc(NC(=O)Cn3ccc4ccccc43)ccc12. The van der Waals surface area contributed by atoms with Gasteiger partial charge in [0.2, 0.25) is 11.5 Å². The van der Waals surface area contributed by atoms with E-state index in [0.717, 1.165) is 27.4 Å². The molecule has 5 nitrogen and oxygen atoms in total. The number of nitrogens with one attached hydrogen (secondary N) is 2. The molecular weight excluding hydrogens is 338 g/mol. The van der Waals surface area contributed by atoms with Gasteiger partial charge >= 0.3 is 0 Å². The van der Waals surface area contributed by atoms with Crippen LogP contribution >= 0.6 is 0 Å². The van der Waals surface area contributed by atoms with Crippen molar-refractivity contribution in [3.05, 3.63) is 76.7 Å². The minimum atomic E-state index is -0.131. The molecule has 4 aromatic rings. The first-order valence-corrected chi connectivity index (χ1v) is 9.02. The predicted molar refractivity (Wildman–Crippen MR) is 109 cm³/mol. The van der Waals surface area contributed by atoms with Gasteiger partial charge in [0.1, 0.15) is 6.54 Å². The molecule has 0 aliphatic heterocycles. The van der Waals surface area contributed by atoms with Crippen molar-refractivity contribution in [2.24, 2.45) is 0 Å². The van der Waals surface area contributed by atoms with Crippen molar-refractivity contribution in [1.82, 2.24) is 9.55 Å². The first kappa shape index (κ1) is 17.1. The molecule has 0 aliphatic carbocycles. The summed E-state index contributed by atoms with van der Waals surface area (Å²) in [4.78, 5) is 27.3. The third kappa shape index (κ3) is 3.36. The lowest BCUT2D eigenvalue weighted by Gasteiger charge is -2.12. The maximum Gasteiger partial charge on any atom is 0.248 e. The van der Waals surface area contributed by atoms with E-state index in [1.54, 1.807) is 6.07 Å². The van der Waals surface area contributed by atoms with Crippen LogP contribution in [0.4, 0.5) is 5.69 Å². The highest BCUT2D eigenvalue weighted by atomic mass is 16.2. The van der Waals surface area contributed by atoms with Gasteiger partial charge in [0, 0.05) is 28.9 Å². The Kier molecular flexibility index (Phi) is 4.28. The zero-order valence-corrected chi connectivity index (χ0v) is 15.3. The van der Waals surface area contributed by atoms with Crippen molar-refractivity contribution in [2.45, 2.75) is 26.3 Å². The van der Waals surface area contributed by atoms with Crippen molar-refractivity contribution < 1.29 is 4.79 Å². The van der Waals surface area contributed by atoms with Crippen LogP contribution in [0.2, 0.25) is 0 Å². The van der Waals surface area contributed by atoms with E-state index in [0.29, 0.717) is 5.69 Å². The van der Waals surface area contributed by atoms with Gasteiger partial charge in [0.05, 0.1) is 5.52 Å². The number of benzene rings is 2. The number of para-hydroxylation sites is 1. The van der Waals surface area contributed by atoms with Gasteiger partial charge in [-0.3, -0.25) is 9.59 Å². The second kappa shape index (κ2) is 6.76. The molecule has 0 unspecified atom stereocenters. The first-order chi connectivity index (χ1) is 13.0. The van der Waals surface area contributed by atoms with Crippen LogP contribution in [0.15, 0.2) is 65.6 Å². The molecule has 0 bridgehead atoms. The fourth-order valence-electron chi connectivity index (χ4n) is 3.48. The van der Waals surface area contributed by atoms with Crippen LogP contribution in [-0.4, -0.2) is 15.5 Å². The number of anilines is 1. The van der Waals surface area contributed by atoms with E-state index in [-0.39, 0.29) is 23.9 Å². The number of aromatic nitrogens is 2. The molecule has 0 aliphatic rings. The summed E-state index contributed by atoms with van der Waals surface area (Å²) in [6.07, 6.45) is 1.91. The van der Waals surface area contributed by atoms with E-state index in [2.05, 4.69) is 24.1 Å². The normalized spacial score (nSPS) is 11.4. The van der Waals surface area contributed by atoms with E-state index in [4.69, 9.17) is 0 Å². The van der Waals surface area contributed by atoms with Gasteiger partial charge in [-0.05, 0) is 41.1 Å². The lowest BCUT2D eigenvalue weighted by atomic mass is 9.99. The minimum absolute atomic E-state index is 0.113. The average Bonchev–Trinajstić information content (AvgIpc) is 3.03. The Morgan fingerprint density at radius 3 is 2.74 bits per heavy atom. The van der Waals surface area contributed by atoms with Crippen LogP contribution in [0, 0.1) is 0 Å². The lowest BCUT2D eigenvalue weighted by Crippen LogP contribution is -2.18. The van der Waals surface area contributed by atoms with E-state index >= 15 is 0 Å². The summed E-state index contributed by atoms with van der Waals surface area (Å²) in [6.45, 7) is 4.35. The monoisotopic (exact) mass is 359 g/mol. The molecule has 0 fully saturated rings. The Labute approximate surface area is 156 Å². The van der Waals surface area contributed by atoms with Gasteiger partial charge in [-0.1, -0.05) is 38.1 Å². The van der Waals surface area contributed by atoms with Gasteiger partial charge in [0.15, 0.2) is 0 Å². The Morgan fingerprint density at radius 1 is 1.11 bits per heavy atom. The number of aromatic amines is 1. The van der Waals surface area contributed by atoms with E-state index < -0.39 is 0 Å². The second-order valence-corrected chi connectivity index (χ2v) is 7.05. The number of hydrogen-bond acceptors (Lipinski definition) is 2. The summed E-state index contributed by atoms with van der Waals surface area (Å²) < 4.78 is 1.92. The molecule has 136 valence electrons. The highest BCUT2D eigenvalue weighted by Crippen LogP contribution is 2.25. The number of amides is 1. The largest absolute Gasteiger partial charge is 0.338 e. The van der Waals surface area contributed by atoms with Gasteiger partial charge in [-0.25, -0.2) is 0 Å². The Bertz CT molecular complexity index is 1200. The molecule has 2 aromatic heterocycles. The number of pyridine rings is 1. The number of hydrogen-bond donors (Lipinski definition) is 2. The summed E-state index contributed by atoms with van der Waals surface area (Å²) in [7, 11) is 0. The molecular formula is C22H21N3O2. The number of H-pyrrole nitrogens is 1. The summed E-state index contributed by atoms with van der Waals surface area (Å²) in [5.74, 6) is 0.135. The number of fused-ring (bicyclic) bond motifs is 2. The molecule has 2 aromatic carbocycles. The summed E-state index contributed by atoms with van der Waals surface area (Å²) in [5, 5.41) is 5.03. The molecule has 5 heteroatoms. The van der Waals surface area contributed by atoms with Crippen LogP contribution in [0.1, 0.15) is 25.3 Å². The molecule has 0 atom stereocenters. The van der Waals surface area contributed by atoms with Crippen molar-refractivity contribution in [2.75, 3.05) is 5.32 Å². The molecule has 4 rings (SSSR count). The molecule has 27 heavy (non-hydrogen) atoms. The van der Waals surface area contributed by atoms with Crippen LogP contribution in [0.3, 0.4) is 0 Å². The maximum absolute atomic E-state index is 12.5. The Morgan fingerprint density at radius 2 is 1.93 bits per heavy atom. The fraction of sp³-hybridized carbons (Fsp3) is 0.182. The van der Waals surface area contributed by atoms with Crippen LogP contribution < -0.4 is 10.9 Å². The smallest absolute Gasteiger partial charge is 0.248 e. The summed E-state index contributed by atoms with van der Waals surface area (Å²) >= 11 is 0. The van der Waals surface area contributed by atoms with Gasteiger partial charge in [0.25, 0.3) is 0 Å². The fourth-order valence-corrected chi connectivity index (χ4v) is 3.48. The summed E-state index contributed by atoms with van der Waals surface area (Å²) in [6, 6.07) is 17.2. The van der Waals surface area contributed by atoms with Gasteiger partial charge < -0.3 is 14.9 Å². The quantitative estimate of drug-likeness (QED) is 0.572. The maximum atomic E-state index is 12.5. The highest BCUT2D eigenvalue weighted by Gasteiger charge is 2.10. The van der Waals surface area contributed by atoms with Crippen LogP contribution in [0.5, 0.6) is 0 Å². The third-order valence-corrected chi connectivity index (χ3v) is 4.77. The second-order valence-electron chi connectivity index (χ2n) is 7.05. The highest BCUT2D eigenvalue weighted by molar-refractivity contribution is 5.95. The van der Waals surface area contributed by atoms with Crippen LogP contribution in [0.25, 0.3) is 21.8 Å². The Hall–Kier alpha value is -3.34. The van der Waals surface area contributed by atoms with Gasteiger partial charge in [-0.2, -0.15) is 0 Å².